The Morgan fingerprint density at radius 3 is 2.53 bits per heavy atom. The lowest BCUT2D eigenvalue weighted by Gasteiger charge is -2.12. The summed E-state index contributed by atoms with van der Waals surface area (Å²) >= 11 is 0. The van der Waals surface area contributed by atoms with Crippen molar-refractivity contribution in [3.8, 4) is 0 Å². The Kier molecular flexibility index (Phi) is 10.2. The molecule has 0 atom stereocenters. The van der Waals surface area contributed by atoms with Gasteiger partial charge in [-0.25, -0.2) is 0 Å². The third-order valence-corrected chi connectivity index (χ3v) is 4.49. The van der Waals surface area contributed by atoms with E-state index in [9.17, 15) is 13.2 Å². The number of hydrogen-bond acceptors (Lipinski definition) is 4. The largest absolute Gasteiger partial charge is 0.411 e. The van der Waals surface area contributed by atoms with Gasteiger partial charge in [0.25, 0.3) is 0 Å². The van der Waals surface area contributed by atoms with E-state index in [0.29, 0.717) is 18.1 Å². The predicted molar refractivity (Wildman–Crippen MR) is 127 cm³/mol. The number of aliphatic imine (C=N–C) groups is 1. The van der Waals surface area contributed by atoms with Crippen molar-refractivity contribution in [2.75, 3.05) is 20.2 Å². The van der Waals surface area contributed by atoms with E-state index < -0.39 is 12.8 Å². The van der Waals surface area contributed by atoms with Gasteiger partial charge in [0, 0.05) is 32.8 Å². The normalized spacial score (nSPS) is 11.9. The summed E-state index contributed by atoms with van der Waals surface area (Å²) in [4.78, 5) is 4.20. The highest BCUT2D eigenvalue weighted by atomic mass is 127. The molecule has 0 spiro atoms. The number of nitrogens with zero attached hydrogens (tertiary/aromatic N) is 4. The molecule has 174 valence electrons. The van der Waals surface area contributed by atoms with Gasteiger partial charge in [0.05, 0.1) is 6.61 Å². The van der Waals surface area contributed by atoms with E-state index in [1.165, 1.54) is 0 Å². The lowest BCUT2D eigenvalue weighted by Crippen LogP contribution is -2.37. The van der Waals surface area contributed by atoms with E-state index in [-0.39, 0.29) is 30.6 Å². The van der Waals surface area contributed by atoms with Crippen molar-refractivity contribution in [2.45, 2.75) is 32.2 Å². The number of ether oxygens (including phenoxy) is 1. The van der Waals surface area contributed by atoms with E-state index >= 15 is 0 Å². The Hall–Kier alpha value is -2.41. The van der Waals surface area contributed by atoms with Gasteiger partial charge in [-0.05, 0) is 29.7 Å². The molecule has 32 heavy (non-hydrogen) atoms. The topological polar surface area (TPSA) is 75.8 Å². The lowest BCUT2D eigenvalue weighted by atomic mass is 10.1. The zero-order valence-electron chi connectivity index (χ0n) is 17.6. The molecule has 0 saturated carbocycles. The average molecular weight is 562 g/mol. The molecule has 0 amide bonds. The van der Waals surface area contributed by atoms with E-state index in [2.05, 4.69) is 30.6 Å². The summed E-state index contributed by atoms with van der Waals surface area (Å²) in [5, 5.41) is 14.8. The van der Waals surface area contributed by atoms with E-state index in [1.807, 2.05) is 40.9 Å². The van der Waals surface area contributed by atoms with Crippen LogP contribution in [0.2, 0.25) is 0 Å². The number of rotatable bonds is 9. The summed E-state index contributed by atoms with van der Waals surface area (Å²) in [6.45, 7) is -0.0571. The summed E-state index contributed by atoms with van der Waals surface area (Å²) in [7, 11) is 1.70. The number of pyridine rings is 1. The van der Waals surface area contributed by atoms with Gasteiger partial charge in [0.2, 0.25) is 0 Å². The molecule has 1 aromatic carbocycles. The minimum absolute atomic E-state index is 0. The van der Waals surface area contributed by atoms with Gasteiger partial charge in [-0.3, -0.25) is 9.39 Å². The molecule has 3 aromatic rings. The third kappa shape index (κ3) is 8.26. The van der Waals surface area contributed by atoms with Crippen LogP contribution in [0.25, 0.3) is 5.65 Å². The molecule has 0 unspecified atom stereocenters. The smallest absolute Gasteiger partial charge is 0.367 e. The maximum absolute atomic E-state index is 12.1. The summed E-state index contributed by atoms with van der Waals surface area (Å²) < 4.78 is 43.0. The minimum Gasteiger partial charge on any atom is -0.367 e. The van der Waals surface area contributed by atoms with Gasteiger partial charge in [-0.15, -0.1) is 34.2 Å². The van der Waals surface area contributed by atoms with Gasteiger partial charge in [-0.1, -0.05) is 30.3 Å². The predicted octanol–water partition coefficient (Wildman–Crippen LogP) is 3.72. The maximum atomic E-state index is 12.1. The zero-order chi connectivity index (χ0) is 22.1. The number of nitrogens with one attached hydrogen (secondary N) is 2. The molecule has 2 aromatic heterocycles. The van der Waals surface area contributed by atoms with Crippen molar-refractivity contribution in [1.82, 2.24) is 25.2 Å². The SMILES string of the molecule is CN=C(NCCCc1nnc2ccccn12)NCc1ccc(COCC(F)(F)F)cc1.I. The standard InChI is InChI=1S/C21H25F3N6O.HI/c1-25-20(26-11-4-6-19-29-28-18-5-2-3-12-30(18)19)27-13-16-7-9-17(10-8-16)14-31-15-21(22,23)24;/h2-3,5,7-10,12H,4,6,11,13-15H2,1H3,(H2,25,26,27);1H. The van der Waals surface area contributed by atoms with Crippen molar-refractivity contribution in [2.24, 2.45) is 4.99 Å². The molecule has 0 aliphatic heterocycles. The lowest BCUT2D eigenvalue weighted by molar-refractivity contribution is -0.176. The number of fused-ring (bicyclic) bond motifs is 1. The second-order valence-electron chi connectivity index (χ2n) is 6.93. The Morgan fingerprint density at radius 2 is 1.81 bits per heavy atom. The minimum atomic E-state index is -4.31. The number of hydrogen-bond donors (Lipinski definition) is 2. The van der Waals surface area contributed by atoms with Crippen LogP contribution in [0, 0.1) is 0 Å². The van der Waals surface area contributed by atoms with Crippen LogP contribution in [-0.4, -0.2) is 46.9 Å². The number of alkyl halides is 3. The molecular formula is C21H26F3IN6O. The molecule has 0 aliphatic rings. The second-order valence-corrected chi connectivity index (χ2v) is 6.93. The first-order valence-electron chi connectivity index (χ1n) is 9.90. The summed E-state index contributed by atoms with van der Waals surface area (Å²) in [6, 6.07) is 13.0. The molecule has 11 heteroatoms. The molecule has 0 fully saturated rings. The fourth-order valence-corrected chi connectivity index (χ4v) is 2.96. The van der Waals surface area contributed by atoms with Crippen molar-refractivity contribution >= 4 is 35.6 Å². The highest BCUT2D eigenvalue weighted by Gasteiger charge is 2.27. The quantitative estimate of drug-likeness (QED) is 0.180. The van der Waals surface area contributed by atoms with Crippen molar-refractivity contribution < 1.29 is 17.9 Å². The monoisotopic (exact) mass is 562 g/mol. The van der Waals surface area contributed by atoms with Crippen LogP contribution in [0.15, 0.2) is 53.7 Å². The summed E-state index contributed by atoms with van der Waals surface area (Å²) in [5.41, 5.74) is 2.51. The molecule has 3 rings (SSSR count). The number of aryl methyl sites for hydroxylation is 1. The van der Waals surface area contributed by atoms with Gasteiger partial charge in [0.1, 0.15) is 12.4 Å². The Bertz CT molecular complexity index is 991. The van der Waals surface area contributed by atoms with Crippen LogP contribution >= 0.6 is 24.0 Å². The van der Waals surface area contributed by atoms with Crippen LogP contribution < -0.4 is 10.6 Å². The zero-order valence-corrected chi connectivity index (χ0v) is 19.9. The molecule has 0 radical (unpaired) electrons. The first kappa shape index (κ1) is 25.8. The van der Waals surface area contributed by atoms with Gasteiger partial charge in [0.15, 0.2) is 11.6 Å². The second kappa shape index (κ2) is 12.6. The number of aromatic nitrogens is 3. The molecule has 0 bridgehead atoms. The molecule has 2 N–H and O–H groups in total. The maximum Gasteiger partial charge on any atom is 0.411 e. The van der Waals surface area contributed by atoms with Crippen LogP contribution in [0.3, 0.4) is 0 Å². The van der Waals surface area contributed by atoms with Crippen LogP contribution in [0.5, 0.6) is 0 Å². The van der Waals surface area contributed by atoms with Gasteiger partial charge >= 0.3 is 6.18 Å². The van der Waals surface area contributed by atoms with Crippen molar-refractivity contribution in [1.29, 1.82) is 0 Å². The molecule has 2 heterocycles. The van der Waals surface area contributed by atoms with Crippen LogP contribution in [0.1, 0.15) is 23.4 Å². The first-order valence-corrected chi connectivity index (χ1v) is 9.90. The third-order valence-electron chi connectivity index (χ3n) is 4.49. The van der Waals surface area contributed by atoms with Crippen molar-refractivity contribution in [3.05, 3.63) is 65.6 Å². The summed E-state index contributed by atoms with van der Waals surface area (Å²) in [5.74, 6) is 1.59. The number of halogens is 4. The fourth-order valence-electron chi connectivity index (χ4n) is 2.96. The Balaban J connectivity index is 0.00000363. The number of guanidine groups is 1. The van der Waals surface area contributed by atoms with Crippen LogP contribution in [0.4, 0.5) is 13.2 Å². The first-order chi connectivity index (χ1) is 14.9. The van der Waals surface area contributed by atoms with Crippen molar-refractivity contribution in [3.63, 3.8) is 0 Å². The molecule has 0 aliphatic carbocycles. The average Bonchev–Trinajstić information content (AvgIpc) is 3.16. The highest BCUT2D eigenvalue weighted by molar-refractivity contribution is 14.0. The molecular weight excluding hydrogens is 536 g/mol. The highest BCUT2D eigenvalue weighted by Crippen LogP contribution is 2.15. The molecule has 0 saturated heterocycles. The summed E-state index contributed by atoms with van der Waals surface area (Å²) in [6.07, 6.45) is -0.710. The Labute approximate surface area is 201 Å². The Morgan fingerprint density at radius 1 is 1.06 bits per heavy atom. The fraction of sp³-hybridized carbons (Fsp3) is 0.381. The van der Waals surface area contributed by atoms with Gasteiger partial charge in [-0.2, -0.15) is 13.2 Å². The number of benzene rings is 1. The molecule has 7 nitrogen and oxygen atoms in total. The van der Waals surface area contributed by atoms with E-state index in [4.69, 9.17) is 0 Å². The van der Waals surface area contributed by atoms with Crippen LogP contribution in [-0.2, 0) is 24.3 Å². The van der Waals surface area contributed by atoms with Gasteiger partial charge < -0.3 is 15.4 Å². The van der Waals surface area contributed by atoms with E-state index in [1.54, 1.807) is 19.2 Å². The van der Waals surface area contributed by atoms with E-state index in [0.717, 1.165) is 36.4 Å².